The van der Waals surface area contributed by atoms with E-state index in [1.807, 2.05) is 11.3 Å². The van der Waals surface area contributed by atoms with E-state index in [1.54, 1.807) is 0 Å². The maximum Gasteiger partial charge on any atom is 0.0555 e. The van der Waals surface area contributed by atoms with Gasteiger partial charge in [-0.2, -0.15) is 0 Å². The Hall–Kier alpha value is -0.820. The van der Waals surface area contributed by atoms with Crippen LogP contribution in [-0.2, 0) is 6.54 Å². The Labute approximate surface area is 133 Å². The van der Waals surface area contributed by atoms with Gasteiger partial charge in [-0.1, -0.05) is 32.6 Å². The molecule has 2 heterocycles. The van der Waals surface area contributed by atoms with E-state index in [1.165, 1.54) is 37.2 Å². The number of rotatable bonds is 2. The first-order valence-electron chi connectivity index (χ1n) is 7.98. The fourth-order valence-corrected chi connectivity index (χ4v) is 3.94. The highest BCUT2D eigenvalue weighted by Crippen LogP contribution is 2.34. The van der Waals surface area contributed by atoms with Gasteiger partial charge in [0.25, 0.3) is 0 Å². The van der Waals surface area contributed by atoms with Gasteiger partial charge in [0.05, 0.1) is 6.54 Å². The molecule has 1 fully saturated rings. The minimum absolute atomic E-state index is 0.436. The van der Waals surface area contributed by atoms with Gasteiger partial charge in [0.1, 0.15) is 0 Å². The molecule has 1 aliphatic heterocycles. The van der Waals surface area contributed by atoms with E-state index >= 15 is 0 Å². The van der Waals surface area contributed by atoms with Gasteiger partial charge in [-0.15, -0.1) is 11.3 Å². The highest BCUT2D eigenvalue weighted by atomic mass is 32.1. The summed E-state index contributed by atoms with van der Waals surface area (Å²) in [5, 5.41) is 2.15. The Balaban J connectivity index is 1.90. The topological polar surface area (TPSA) is 29.3 Å². The number of nitrogens with two attached hydrogens (primary N) is 1. The van der Waals surface area contributed by atoms with Crippen molar-refractivity contribution < 1.29 is 0 Å². The number of nitrogens with zero attached hydrogens (tertiary/aromatic N) is 1. The molecule has 2 N–H and O–H groups in total. The first-order valence-corrected chi connectivity index (χ1v) is 8.85. The third kappa shape index (κ3) is 5.14. The molecule has 0 amide bonds. The zero-order chi connectivity index (χ0) is 15.3. The van der Waals surface area contributed by atoms with Crippen LogP contribution in [0.3, 0.4) is 0 Å². The molecular weight excluding hydrogens is 276 g/mol. The molecule has 1 aromatic rings. The van der Waals surface area contributed by atoms with Crippen molar-refractivity contribution in [1.29, 1.82) is 0 Å². The second-order valence-corrected chi connectivity index (χ2v) is 8.07. The molecule has 0 radical (unpaired) electrons. The van der Waals surface area contributed by atoms with Gasteiger partial charge in [0.15, 0.2) is 0 Å². The van der Waals surface area contributed by atoms with E-state index in [0.29, 0.717) is 12.0 Å². The lowest BCUT2D eigenvalue weighted by atomic mass is 9.77. The lowest BCUT2D eigenvalue weighted by Gasteiger charge is -2.29. The first kappa shape index (κ1) is 16.5. The summed E-state index contributed by atoms with van der Waals surface area (Å²) in [5.74, 6) is 6.90. The van der Waals surface area contributed by atoms with E-state index in [2.05, 4.69) is 49.0 Å². The van der Waals surface area contributed by atoms with Crippen molar-refractivity contribution in [2.75, 3.05) is 19.6 Å². The quantitative estimate of drug-likeness (QED) is 0.844. The third-order valence-electron chi connectivity index (χ3n) is 4.41. The molecule has 0 aliphatic carbocycles. The highest BCUT2D eigenvalue weighted by molar-refractivity contribution is 7.10. The minimum atomic E-state index is 0.436. The summed E-state index contributed by atoms with van der Waals surface area (Å²) < 4.78 is 0. The summed E-state index contributed by atoms with van der Waals surface area (Å²) in [5.41, 5.74) is 6.98. The van der Waals surface area contributed by atoms with Crippen LogP contribution >= 0.6 is 11.3 Å². The second-order valence-electron chi connectivity index (χ2n) is 7.08. The predicted octanol–water partition coefficient (Wildman–Crippen LogP) is 3.71. The van der Waals surface area contributed by atoms with Gasteiger partial charge in [-0.25, -0.2) is 0 Å². The van der Waals surface area contributed by atoms with Gasteiger partial charge in [0.2, 0.25) is 0 Å². The average molecular weight is 305 g/mol. The molecule has 116 valence electrons. The fourth-order valence-electron chi connectivity index (χ4n) is 3.08. The van der Waals surface area contributed by atoms with Crippen LogP contribution in [0.4, 0.5) is 0 Å². The van der Waals surface area contributed by atoms with Gasteiger partial charge in [0, 0.05) is 22.4 Å². The van der Waals surface area contributed by atoms with Crippen molar-refractivity contribution >= 4 is 11.3 Å². The van der Waals surface area contributed by atoms with Gasteiger partial charge in [-0.3, -0.25) is 4.90 Å². The number of hydrogen-bond donors (Lipinski definition) is 1. The largest absolute Gasteiger partial charge is 0.320 e. The molecule has 3 heteroatoms. The van der Waals surface area contributed by atoms with Gasteiger partial charge in [-0.05, 0) is 49.8 Å². The Kier molecular flexibility index (Phi) is 5.87. The van der Waals surface area contributed by atoms with Crippen LogP contribution in [0.1, 0.15) is 50.5 Å². The molecule has 1 aliphatic rings. The van der Waals surface area contributed by atoms with Crippen LogP contribution in [0.2, 0.25) is 0 Å². The third-order valence-corrected chi connectivity index (χ3v) is 5.33. The summed E-state index contributed by atoms with van der Waals surface area (Å²) in [6.45, 7) is 11.1. The van der Waals surface area contributed by atoms with Crippen molar-refractivity contribution in [3.8, 4) is 11.8 Å². The highest BCUT2D eigenvalue weighted by Gasteiger charge is 2.27. The summed E-state index contributed by atoms with van der Waals surface area (Å²) >= 11 is 1.82. The van der Waals surface area contributed by atoms with Crippen LogP contribution in [0, 0.1) is 23.2 Å². The zero-order valence-electron chi connectivity index (χ0n) is 13.6. The number of likely N-dealkylation sites (tertiary alicyclic amines) is 1. The van der Waals surface area contributed by atoms with Crippen LogP contribution in [0.5, 0.6) is 0 Å². The molecule has 1 aromatic heterocycles. The lowest BCUT2D eigenvalue weighted by molar-refractivity contribution is 0.207. The molecule has 0 aromatic carbocycles. The van der Waals surface area contributed by atoms with E-state index in [-0.39, 0.29) is 0 Å². The zero-order valence-corrected chi connectivity index (χ0v) is 14.4. The SMILES string of the molecule is CC(C)(C)C1CCCN(Cc2cc(C#CCN)cs2)CC1. The smallest absolute Gasteiger partial charge is 0.0555 e. The van der Waals surface area contributed by atoms with Crippen LogP contribution in [0.15, 0.2) is 11.4 Å². The molecule has 0 saturated carbocycles. The molecule has 21 heavy (non-hydrogen) atoms. The Morgan fingerprint density at radius 2 is 2.14 bits per heavy atom. The molecule has 2 nitrogen and oxygen atoms in total. The van der Waals surface area contributed by atoms with Gasteiger partial charge >= 0.3 is 0 Å². The van der Waals surface area contributed by atoms with Crippen molar-refractivity contribution in [2.24, 2.45) is 17.1 Å². The maximum atomic E-state index is 5.42. The summed E-state index contributed by atoms with van der Waals surface area (Å²) in [6.07, 6.45) is 4.03. The first-order chi connectivity index (χ1) is 9.99. The van der Waals surface area contributed by atoms with E-state index in [4.69, 9.17) is 5.73 Å². The number of hydrogen-bond acceptors (Lipinski definition) is 3. The van der Waals surface area contributed by atoms with Crippen molar-refractivity contribution in [1.82, 2.24) is 4.90 Å². The Morgan fingerprint density at radius 1 is 1.33 bits per heavy atom. The standard InChI is InChI=1S/C18H28N2S/c1-18(2,3)16-7-5-10-20(11-8-16)13-17-12-15(14-21-17)6-4-9-19/h12,14,16H,5,7-11,13,19H2,1-3H3. The monoisotopic (exact) mass is 304 g/mol. The predicted molar refractivity (Wildman–Crippen MR) is 92.3 cm³/mol. The Morgan fingerprint density at radius 3 is 2.86 bits per heavy atom. The van der Waals surface area contributed by atoms with Crippen molar-refractivity contribution in [2.45, 2.75) is 46.6 Å². The summed E-state index contributed by atoms with van der Waals surface area (Å²) in [7, 11) is 0. The lowest BCUT2D eigenvalue weighted by Crippen LogP contribution is -2.25. The van der Waals surface area contributed by atoms with Crippen molar-refractivity contribution in [3.63, 3.8) is 0 Å². The number of thiophene rings is 1. The molecule has 0 spiro atoms. The van der Waals surface area contributed by atoms with E-state index < -0.39 is 0 Å². The van der Waals surface area contributed by atoms with Crippen LogP contribution in [-0.4, -0.2) is 24.5 Å². The Bertz CT molecular complexity index is 501. The summed E-state index contributed by atoms with van der Waals surface area (Å²) in [6, 6.07) is 2.22. The normalized spacial score (nSPS) is 20.7. The fraction of sp³-hybridized carbons (Fsp3) is 0.667. The maximum absolute atomic E-state index is 5.42. The molecule has 1 saturated heterocycles. The minimum Gasteiger partial charge on any atom is -0.320 e. The van der Waals surface area contributed by atoms with Crippen molar-refractivity contribution in [3.05, 3.63) is 21.9 Å². The van der Waals surface area contributed by atoms with Crippen LogP contribution in [0.25, 0.3) is 0 Å². The average Bonchev–Trinajstić information content (AvgIpc) is 2.71. The van der Waals surface area contributed by atoms with Gasteiger partial charge < -0.3 is 5.73 Å². The van der Waals surface area contributed by atoms with E-state index in [9.17, 15) is 0 Å². The van der Waals surface area contributed by atoms with Crippen LogP contribution < -0.4 is 5.73 Å². The molecular formula is C18H28N2S. The second kappa shape index (κ2) is 7.45. The molecule has 1 atom stereocenters. The molecule has 2 rings (SSSR count). The summed E-state index contributed by atoms with van der Waals surface area (Å²) in [4.78, 5) is 4.03. The molecule has 1 unspecified atom stereocenters. The van der Waals surface area contributed by atoms with E-state index in [0.717, 1.165) is 18.0 Å². The molecule has 0 bridgehead atoms.